The van der Waals surface area contributed by atoms with Crippen LogP contribution in [0.15, 0.2) is 29.2 Å². The number of aryl methyl sites for hydroxylation is 2. The van der Waals surface area contributed by atoms with Gasteiger partial charge in [-0.1, -0.05) is 0 Å². The first-order valence-corrected chi connectivity index (χ1v) is 5.50. The first-order valence-electron chi connectivity index (χ1n) is 5.50. The average Bonchev–Trinajstić information content (AvgIpc) is 2.30. The van der Waals surface area contributed by atoms with Crippen molar-refractivity contribution >= 4 is 5.97 Å². The SMILES string of the molecule is Cc1cc(C)n(-c2ccc(F)cn2)c(=O)c1C(=O)O. The highest BCUT2D eigenvalue weighted by Crippen LogP contribution is 2.11. The lowest BCUT2D eigenvalue weighted by molar-refractivity contribution is 0.0693. The van der Waals surface area contributed by atoms with Gasteiger partial charge in [0.25, 0.3) is 5.56 Å². The van der Waals surface area contributed by atoms with Crippen molar-refractivity contribution in [1.82, 2.24) is 9.55 Å². The Morgan fingerprint density at radius 1 is 1.37 bits per heavy atom. The minimum absolute atomic E-state index is 0.186. The molecule has 0 saturated carbocycles. The molecule has 2 heterocycles. The van der Waals surface area contributed by atoms with Crippen molar-refractivity contribution in [3.63, 3.8) is 0 Å². The van der Waals surface area contributed by atoms with Crippen molar-refractivity contribution < 1.29 is 14.3 Å². The minimum Gasteiger partial charge on any atom is -0.477 e. The molecular formula is C13H11FN2O3. The van der Waals surface area contributed by atoms with Crippen LogP contribution in [-0.2, 0) is 0 Å². The number of halogens is 1. The summed E-state index contributed by atoms with van der Waals surface area (Å²) < 4.78 is 14.0. The Balaban J connectivity index is 2.77. The third-order valence-electron chi connectivity index (χ3n) is 2.74. The molecule has 0 aliphatic rings. The second kappa shape index (κ2) is 4.64. The monoisotopic (exact) mass is 262 g/mol. The lowest BCUT2D eigenvalue weighted by Crippen LogP contribution is -2.28. The second-order valence-corrected chi connectivity index (χ2v) is 4.12. The van der Waals surface area contributed by atoms with Crippen LogP contribution >= 0.6 is 0 Å². The summed E-state index contributed by atoms with van der Waals surface area (Å²) in [5.41, 5.74) is -0.0687. The Kier molecular flexibility index (Phi) is 3.16. The predicted molar refractivity (Wildman–Crippen MR) is 66.2 cm³/mol. The van der Waals surface area contributed by atoms with E-state index in [2.05, 4.69) is 4.98 Å². The number of aromatic nitrogens is 2. The van der Waals surface area contributed by atoms with Crippen LogP contribution in [0.3, 0.4) is 0 Å². The zero-order chi connectivity index (χ0) is 14.2. The summed E-state index contributed by atoms with van der Waals surface area (Å²) in [5.74, 6) is -1.63. The van der Waals surface area contributed by atoms with Crippen molar-refractivity contribution in [3.8, 4) is 5.82 Å². The van der Waals surface area contributed by atoms with E-state index in [4.69, 9.17) is 5.11 Å². The van der Waals surface area contributed by atoms with E-state index in [1.165, 1.54) is 6.07 Å². The summed E-state index contributed by atoms with van der Waals surface area (Å²) in [4.78, 5) is 27.1. The molecule has 2 aromatic rings. The molecule has 2 aromatic heterocycles. The van der Waals surface area contributed by atoms with Crippen LogP contribution in [0.2, 0.25) is 0 Å². The van der Waals surface area contributed by atoms with Crippen molar-refractivity contribution in [2.75, 3.05) is 0 Å². The van der Waals surface area contributed by atoms with Gasteiger partial charge in [-0.15, -0.1) is 0 Å². The molecule has 0 atom stereocenters. The van der Waals surface area contributed by atoms with Gasteiger partial charge in [-0.25, -0.2) is 14.2 Å². The van der Waals surface area contributed by atoms with Crippen molar-refractivity contribution in [1.29, 1.82) is 0 Å². The molecule has 98 valence electrons. The predicted octanol–water partition coefficient (Wildman–Crippen LogP) is 1.69. The van der Waals surface area contributed by atoms with Crippen molar-refractivity contribution in [2.24, 2.45) is 0 Å². The standard InChI is InChI=1S/C13H11FN2O3/c1-7-5-8(2)16(12(17)11(7)13(18)19)10-4-3-9(14)6-15-10/h3-6H,1-2H3,(H,18,19). The number of carboxylic acid groups (broad SMARTS) is 1. The smallest absolute Gasteiger partial charge is 0.341 e. The summed E-state index contributed by atoms with van der Waals surface area (Å²) in [7, 11) is 0. The van der Waals surface area contributed by atoms with E-state index in [-0.39, 0.29) is 11.4 Å². The van der Waals surface area contributed by atoms with Crippen LogP contribution in [0.5, 0.6) is 0 Å². The van der Waals surface area contributed by atoms with Crippen molar-refractivity contribution in [3.05, 3.63) is 57.4 Å². The molecular weight excluding hydrogens is 251 g/mol. The average molecular weight is 262 g/mol. The van der Waals surface area contributed by atoms with Gasteiger partial charge >= 0.3 is 5.97 Å². The van der Waals surface area contributed by atoms with Gasteiger partial charge < -0.3 is 5.11 Å². The van der Waals surface area contributed by atoms with Gasteiger partial charge in [0.1, 0.15) is 17.2 Å². The number of hydrogen-bond acceptors (Lipinski definition) is 3. The van der Waals surface area contributed by atoms with Crippen molar-refractivity contribution in [2.45, 2.75) is 13.8 Å². The molecule has 6 heteroatoms. The van der Waals surface area contributed by atoms with Gasteiger partial charge in [0.2, 0.25) is 0 Å². The highest BCUT2D eigenvalue weighted by atomic mass is 19.1. The molecule has 0 aromatic carbocycles. The number of carbonyl (C=O) groups is 1. The third-order valence-corrected chi connectivity index (χ3v) is 2.74. The molecule has 19 heavy (non-hydrogen) atoms. The molecule has 2 rings (SSSR count). The summed E-state index contributed by atoms with van der Waals surface area (Å²) in [6.45, 7) is 3.21. The quantitative estimate of drug-likeness (QED) is 0.893. The molecule has 0 aliphatic carbocycles. The van der Waals surface area contributed by atoms with E-state index >= 15 is 0 Å². The van der Waals surface area contributed by atoms with Gasteiger partial charge in [-0.3, -0.25) is 9.36 Å². The van der Waals surface area contributed by atoms with E-state index in [0.717, 1.165) is 16.8 Å². The Hall–Kier alpha value is -2.50. The Morgan fingerprint density at radius 3 is 2.58 bits per heavy atom. The number of aromatic carboxylic acids is 1. The Bertz CT molecular complexity index is 705. The van der Waals surface area contributed by atoms with E-state index in [1.807, 2.05) is 0 Å². The molecule has 0 unspecified atom stereocenters. The fraction of sp³-hybridized carbons (Fsp3) is 0.154. The Morgan fingerprint density at radius 2 is 2.05 bits per heavy atom. The summed E-state index contributed by atoms with van der Waals surface area (Å²) in [5, 5.41) is 9.06. The highest BCUT2D eigenvalue weighted by Gasteiger charge is 2.17. The lowest BCUT2D eigenvalue weighted by Gasteiger charge is -2.11. The van der Waals surface area contributed by atoms with Crippen LogP contribution in [0.25, 0.3) is 5.82 Å². The molecule has 0 amide bonds. The number of nitrogens with zero attached hydrogens (tertiary/aromatic N) is 2. The topological polar surface area (TPSA) is 72.2 Å². The fourth-order valence-electron chi connectivity index (χ4n) is 1.94. The number of pyridine rings is 2. The fourth-order valence-corrected chi connectivity index (χ4v) is 1.94. The molecule has 1 N–H and O–H groups in total. The lowest BCUT2D eigenvalue weighted by atomic mass is 10.1. The first-order chi connectivity index (χ1) is 8.91. The minimum atomic E-state index is -1.29. The maximum Gasteiger partial charge on any atom is 0.341 e. The number of rotatable bonds is 2. The normalized spacial score (nSPS) is 10.5. The largest absolute Gasteiger partial charge is 0.477 e. The summed E-state index contributed by atoms with van der Waals surface area (Å²) in [6.07, 6.45) is 0.974. The van der Waals surface area contributed by atoms with E-state index < -0.39 is 17.3 Å². The van der Waals surface area contributed by atoms with E-state index in [9.17, 15) is 14.0 Å². The van der Waals surface area contributed by atoms with Crippen LogP contribution in [0.4, 0.5) is 4.39 Å². The third kappa shape index (κ3) is 2.24. The summed E-state index contributed by atoms with van der Waals surface area (Å²) >= 11 is 0. The van der Waals surface area contributed by atoms with E-state index in [0.29, 0.717) is 11.3 Å². The van der Waals surface area contributed by atoms with Gasteiger partial charge in [-0.2, -0.15) is 0 Å². The zero-order valence-corrected chi connectivity index (χ0v) is 10.3. The molecule has 0 spiro atoms. The van der Waals surface area contributed by atoms with Gasteiger partial charge in [0.05, 0.1) is 6.20 Å². The molecule has 0 aliphatic heterocycles. The number of hydrogen-bond donors (Lipinski definition) is 1. The van der Waals surface area contributed by atoms with Crippen LogP contribution in [0, 0.1) is 19.7 Å². The van der Waals surface area contributed by atoms with E-state index in [1.54, 1.807) is 19.9 Å². The molecule has 0 radical (unpaired) electrons. The van der Waals surface area contributed by atoms with Gasteiger partial charge in [0, 0.05) is 5.69 Å². The maximum atomic E-state index is 12.8. The molecule has 5 nitrogen and oxygen atoms in total. The van der Waals surface area contributed by atoms with Crippen LogP contribution in [-0.4, -0.2) is 20.6 Å². The molecule has 0 bridgehead atoms. The maximum absolute atomic E-state index is 12.8. The molecule has 0 saturated heterocycles. The zero-order valence-electron chi connectivity index (χ0n) is 10.3. The van der Waals surface area contributed by atoms with Crippen LogP contribution < -0.4 is 5.56 Å². The van der Waals surface area contributed by atoms with Gasteiger partial charge in [-0.05, 0) is 37.6 Å². The van der Waals surface area contributed by atoms with Crippen LogP contribution in [0.1, 0.15) is 21.6 Å². The van der Waals surface area contributed by atoms with Gasteiger partial charge in [0.15, 0.2) is 0 Å². The second-order valence-electron chi connectivity index (χ2n) is 4.12. The first kappa shape index (κ1) is 12.9. The number of carboxylic acids is 1. The summed E-state index contributed by atoms with van der Waals surface area (Å²) in [6, 6.07) is 4.06. The highest BCUT2D eigenvalue weighted by molar-refractivity contribution is 5.89. The molecule has 0 fully saturated rings. The Labute approximate surface area is 108 Å².